The van der Waals surface area contributed by atoms with Gasteiger partial charge >= 0.3 is 0 Å². The molecule has 4 rings (SSSR count). The van der Waals surface area contributed by atoms with Gasteiger partial charge in [-0.25, -0.2) is 8.42 Å². The second-order valence-electron chi connectivity index (χ2n) is 8.35. The molecule has 1 aliphatic rings. The van der Waals surface area contributed by atoms with E-state index in [1.807, 2.05) is 6.92 Å². The number of hydrogen-bond acceptors (Lipinski definition) is 4. The van der Waals surface area contributed by atoms with Crippen LogP contribution in [0.2, 0.25) is 5.02 Å². The third kappa shape index (κ3) is 5.49. The summed E-state index contributed by atoms with van der Waals surface area (Å²) in [5.41, 5.74) is 1.76. The molecule has 0 unspecified atom stereocenters. The van der Waals surface area contributed by atoms with Crippen molar-refractivity contribution in [1.29, 1.82) is 0 Å². The number of amides is 2. The first-order valence-corrected chi connectivity index (χ1v) is 13.1. The average molecular weight is 512 g/mol. The molecule has 1 aliphatic heterocycles. The molecule has 3 aromatic carbocycles. The summed E-state index contributed by atoms with van der Waals surface area (Å²) < 4.78 is 28.0. The Labute approximate surface area is 210 Å². The highest BCUT2D eigenvalue weighted by Gasteiger charge is 2.28. The number of aryl methyl sites for hydroxylation is 1. The third-order valence-electron chi connectivity index (χ3n) is 5.89. The van der Waals surface area contributed by atoms with Crippen LogP contribution in [0.4, 0.5) is 11.4 Å². The molecule has 0 aliphatic carbocycles. The van der Waals surface area contributed by atoms with Crippen molar-refractivity contribution >= 4 is 44.8 Å². The molecule has 1 heterocycles. The van der Waals surface area contributed by atoms with Gasteiger partial charge in [0.25, 0.3) is 15.9 Å². The highest BCUT2D eigenvalue weighted by molar-refractivity contribution is 7.92. The number of anilines is 2. The Balaban J connectivity index is 1.64. The number of para-hydroxylation sites is 1. The molecule has 2 amide bonds. The molecule has 1 saturated heterocycles. The third-order valence-corrected chi connectivity index (χ3v) is 8.08. The summed E-state index contributed by atoms with van der Waals surface area (Å²) in [6.07, 6.45) is 1.90. The number of hydrogen-bond donors (Lipinski definition) is 1. The van der Waals surface area contributed by atoms with Gasteiger partial charge in [0.1, 0.15) is 6.54 Å². The van der Waals surface area contributed by atoms with Crippen molar-refractivity contribution in [2.45, 2.75) is 24.7 Å². The van der Waals surface area contributed by atoms with Crippen LogP contribution in [0.3, 0.4) is 0 Å². The molecule has 3 aromatic rings. The number of halogens is 1. The van der Waals surface area contributed by atoms with Crippen molar-refractivity contribution in [3.8, 4) is 0 Å². The van der Waals surface area contributed by atoms with Gasteiger partial charge in [-0.2, -0.15) is 0 Å². The minimum atomic E-state index is -4.07. The standard InChI is InChI=1S/C26H26ClN3O4S/c1-19-13-14-20(17-23(19)27)30(35(33,34)21-9-3-2-4-10-21)18-25(31)28-24-12-6-5-11-22(24)26(32)29-15-7-8-16-29/h2-6,9-14,17H,7-8,15-16,18H2,1H3,(H,28,31). The minimum absolute atomic E-state index is 0.0501. The van der Waals surface area contributed by atoms with Crippen molar-refractivity contribution in [2.75, 3.05) is 29.3 Å². The summed E-state index contributed by atoms with van der Waals surface area (Å²) in [6, 6.07) is 19.5. The second kappa shape index (κ2) is 10.5. The number of likely N-dealkylation sites (tertiary alicyclic amines) is 1. The van der Waals surface area contributed by atoms with Crippen LogP contribution in [0.5, 0.6) is 0 Å². The molecule has 182 valence electrons. The second-order valence-corrected chi connectivity index (χ2v) is 10.6. The number of sulfonamides is 1. The lowest BCUT2D eigenvalue weighted by molar-refractivity contribution is -0.114. The van der Waals surface area contributed by atoms with E-state index in [0.717, 1.165) is 22.7 Å². The Morgan fingerprint density at radius 2 is 1.63 bits per heavy atom. The van der Waals surface area contributed by atoms with Gasteiger partial charge in [-0.05, 0) is 61.7 Å². The molecule has 0 bridgehead atoms. The van der Waals surface area contributed by atoms with E-state index in [-0.39, 0.29) is 16.5 Å². The quantitative estimate of drug-likeness (QED) is 0.497. The zero-order valence-electron chi connectivity index (χ0n) is 19.3. The van der Waals surface area contributed by atoms with Gasteiger partial charge in [-0.3, -0.25) is 13.9 Å². The topological polar surface area (TPSA) is 86.8 Å². The maximum Gasteiger partial charge on any atom is 0.264 e. The van der Waals surface area contributed by atoms with E-state index in [2.05, 4.69) is 5.32 Å². The highest BCUT2D eigenvalue weighted by atomic mass is 35.5. The van der Waals surface area contributed by atoms with Crippen LogP contribution in [-0.2, 0) is 14.8 Å². The summed E-state index contributed by atoms with van der Waals surface area (Å²) in [5.74, 6) is -0.736. The van der Waals surface area contributed by atoms with Crippen LogP contribution in [0, 0.1) is 6.92 Å². The van der Waals surface area contributed by atoms with E-state index in [1.54, 1.807) is 59.5 Å². The SMILES string of the molecule is Cc1ccc(N(CC(=O)Nc2ccccc2C(=O)N2CCCC2)S(=O)(=O)c2ccccc2)cc1Cl. The van der Waals surface area contributed by atoms with Crippen LogP contribution in [0.25, 0.3) is 0 Å². The minimum Gasteiger partial charge on any atom is -0.339 e. The van der Waals surface area contributed by atoms with Gasteiger partial charge in [-0.15, -0.1) is 0 Å². The lowest BCUT2D eigenvalue weighted by Gasteiger charge is -2.25. The summed E-state index contributed by atoms with van der Waals surface area (Å²) in [6.45, 7) is 2.67. The summed E-state index contributed by atoms with van der Waals surface area (Å²) in [4.78, 5) is 27.9. The van der Waals surface area contributed by atoms with Crippen molar-refractivity contribution in [3.05, 3.63) is 88.9 Å². The van der Waals surface area contributed by atoms with Gasteiger partial charge in [0.2, 0.25) is 5.91 Å². The monoisotopic (exact) mass is 511 g/mol. The fourth-order valence-electron chi connectivity index (χ4n) is 3.96. The maximum absolute atomic E-state index is 13.5. The number of nitrogens with one attached hydrogen (secondary N) is 1. The summed E-state index contributed by atoms with van der Waals surface area (Å²) in [7, 11) is -4.07. The number of carbonyl (C=O) groups excluding carboxylic acids is 2. The lowest BCUT2D eigenvalue weighted by atomic mass is 10.1. The van der Waals surface area contributed by atoms with Crippen LogP contribution < -0.4 is 9.62 Å². The molecule has 0 radical (unpaired) electrons. The normalized spacial score (nSPS) is 13.5. The molecule has 0 atom stereocenters. The lowest BCUT2D eigenvalue weighted by Crippen LogP contribution is -2.38. The Bertz CT molecular complexity index is 1340. The Morgan fingerprint density at radius 3 is 2.31 bits per heavy atom. The molecule has 1 fully saturated rings. The maximum atomic E-state index is 13.5. The van der Waals surface area contributed by atoms with E-state index < -0.39 is 22.5 Å². The van der Waals surface area contributed by atoms with Gasteiger partial charge < -0.3 is 10.2 Å². The Kier molecular flexibility index (Phi) is 7.42. The first-order chi connectivity index (χ1) is 16.8. The van der Waals surface area contributed by atoms with E-state index in [9.17, 15) is 18.0 Å². The Hall–Kier alpha value is -3.36. The predicted octanol–water partition coefficient (Wildman–Crippen LogP) is 4.72. The highest BCUT2D eigenvalue weighted by Crippen LogP contribution is 2.28. The van der Waals surface area contributed by atoms with Crippen molar-refractivity contribution in [1.82, 2.24) is 4.90 Å². The molecule has 9 heteroatoms. The van der Waals surface area contributed by atoms with E-state index in [0.29, 0.717) is 29.4 Å². The van der Waals surface area contributed by atoms with Gasteiger partial charge in [-0.1, -0.05) is 48.0 Å². The van der Waals surface area contributed by atoms with E-state index >= 15 is 0 Å². The molecule has 35 heavy (non-hydrogen) atoms. The molecular weight excluding hydrogens is 486 g/mol. The molecule has 1 N–H and O–H groups in total. The number of rotatable bonds is 7. The smallest absolute Gasteiger partial charge is 0.264 e. The first-order valence-electron chi connectivity index (χ1n) is 11.3. The zero-order valence-corrected chi connectivity index (χ0v) is 20.8. The fraction of sp³-hybridized carbons (Fsp3) is 0.231. The van der Waals surface area contributed by atoms with Crippen LogP contribution in [0.1, 0.15) is 28.8 Å². The Morgan fingerprint density at radius 1 is 0.971 bits per heavy atom. The fourth-order valence-corrected chi connectivity index (χ4v) is 5.57. The zero-order chi connectivity index (χ0) is 25.0. The van der Waals surface area contributed by atoms with Gasteiger partial charge in [0, 0.05) is 18.1 Å². The van der Waals surface area contributed by atoms with Gasteiger partial charge in [0.15, 0.2) is 0 Å². The van der Waals surface area contributed by atoms with Crippen LogP contribution in [0.15, 0.2) is 77.7 Å². The largest absolute Gasteiger partial charge is 0.339 e. The van der Waals surface area contributed by atoms with E-state index in [1.165, 1.54) is 18.2 Å². The number of benzene rings is 3. The van der Waals surface area contributed by atoms with Crippen molar-refractivity contribution in [3.63, 3.8) is 0 Å². The van der Waals surface area contributed by atoms with Gasteiger partial charge in [0.05, 0.1) is 21.8 Å². The van der Waals surface area contributed by atoms with E-state index in [4.69, 9.17) is 11.6 Å². The summed E-state index contributed by atoms with van der Waals surface area (Å²) >= 11 is 6.27. The number of carbonyl (C=O) groups is 2. The molecule has 0 saturated carbocycles. The van der Waals surface area contributed by atoms with Crippen molar-refractivity contribution in [2.24, 2.45) is 0 Å². The first kappa shape index (κ1) is 24.8. The molecule has 0 spiro atoms. The van der Waals surface area contributed by atoms with Crippen molar-refractivity contribution < 1.29 is 18.0 Å². The van der Waals surface area contributed by atoms with Crippen LogP contribution in [-0.4, -0.2) is 44.8 Å². The molecule has 7 nitrogen and oxygen atoms in total. The molecular formula is C26H26ClN3O4S. The predicted molar refractivity (Wildman–Crippen MR) is 137 cm³/mol. The van der Waals surface area contributed by atoms with Crippen LogP contribution >= 0.6 is 11.6 Å². The molecule has 0 aromatic heterocycles. The average Bonchev–Trinajstić information content (AvgIpc) is 3.40. The number of nitrogens with zero attached hydrogens (tertiary/aromatic N) is 2. The summed E-state index contributed by atoms with van der Waals surface area (Å²) in [5, 5.41) is 3.13.